The molecular formula is C14H11BrCl2N2OS. The first kappa shape index (κ1) is 15.3. The predicted molar refractivity (Wildman–Crippen MR) is 91.2 cm³/mol. The summed E-state index contributed by atoms with van der Waals surface area (Å²) in [6.45, 7) is 2.08. The summed E-state index contributed by atoms with van der Waals surface area (Å²) in [6, 6.07) is 5.34. The SMILES string of the molecule is CC1C[C@H]1C(=O)Nc1snc(-c2ccc(Cl)c(Cl)c2)c1Br. The molecule has 0 radical (unpaired) electrons. The Balaban J connectivity index is 1.84. The van der Waals surface area contributed by atoms with Crippen molar-refractivity contribution in [3.63, 3.8) is 0 Å². The van der Waals surface area contributed by atoms with E-state index in [1.54, 1.807) is 12.1 Å². The molecule has 1 saturated carbocycles. The summed E-state index contributed by atoms with van der Waals surface area (Å²) in [5.74, 6) is 0.672. The molecule has 1 aromatic carbocycles. The molecule has 3 nitrogen and oxygen atoms in total. The first-order chi connectivity index (χ1) is 9.97. The van der Waals surface area contributed by atoms with Crippen LogP contribution >= 0.6 is 50.7 Å². The zero-order chi connectivity index (χ0) is 15.1. The maximum atomic E-state index is 12.0. The Kier molecular flexibility index (Phi) is 4.28. The Bertz CT molecular complexity index is 719. The van der Waals surface area contributed by atoms with E-state index < -0.39 is 0 Å². The van der Waals surface area contributed by atoms with Gasteiger partial charge in [-0.15, -0.1) is 0 Å². The van der Waals surface area contributed by atoms with Gasteiger partial charge in [-0.25, -0.2) is 0 Å². The summed E-state index contributed by atoms with van der Waals surface area (Å²) in [7, 11) is 0. The van der Waals surface area contributed by atoms with E-state index >= 15 is 0 Å². The summed E-state index contributed by atoms with van der Waals surface area (Å²) in [5.41, 5.74) is 1.60. The molecule has 2 atom stereocenters. The van der Waals surface area contributed by atoms with Crippen molar-refractivity contribution < 1.29 is 4.79 Å². The van der Waals surface area contributed by atoms with Crippen LogP contribution in [0.15, 0.2) is 22.7 Å². The number of amides is 1. The van der Waals surface area contributed by atoms with Crippen molar-refractivity contribution in [2.75, 3.05) is 5.32 Å². The lowest BCUT2D eigenvalue weighted by Crippen LogP contribution is -2.13. The molecule has 1 aliphatic rings. The smallest absolute Gasteiger partial charge is 0.228 e. The van der Waals surface area contributed by atoms with E-state index in [0.717, 1.165) is 27.2 Å². The zero-order valence-electron chi connectivity index (χ0n) is 11.0. The molecule has 1 unspecified atom stereocenters. The normalized spacial score (nSPS) is 20.4. The summed E-state index contributed by atoms with van der Waals surface area (Å²) in [6.07, 6.45) is 0.960. The topological polar surface area (TPSA) is 42.0 Å². The van der Waals surface area contributed by atoms with Crippen LogP contribution in [0.4, 0.5) is 5.00 Å². The number of benzene rings is 1. The van der Waals surface area contributed by atoms with Crippen molar-refractivity contribution in [2.45, 2.75) is 13.3 Å². The lowest BCUT2D eigenvalue weighted by Gasteiger charge is -2.03. The Morgan fingerprint density at radius 2 is 2.14 bits per heavy atom. The number of hydrogen-bond donors (Lipinski definition) is 1. The van der Waals surface area contributed by atoms with Crippen LogP contribution in [0.5, 0.6) is 0 Å². The lowest BCUT2D eigenvalue weighted by molar-refractivity contribution is -0.117. The largest absolute Gasteiger partial charge is 0.315 e. The standard InChI is InChI=1S/C14H11BrCl2N2OS/c1-6-4-8(6)13(20)18-14-11(15)12(19-21-14)7-2-3-9(16)10(17)5-7/h2-3,5-6,8H,4H2,1H3,(H,18,20)/t6?,8-/m1/s1. The number of rotatable bonds is 3. The van der Waals surface area contributed by atoms with E-state index in [9.17, 15) is 4.79 Å². The van der Waals surface area contributed by atoms with Gasteiger partial charge >= 0.3 is 0 Å². The molecule has 1 aromatic heterocycles. The van der Waals surface area contributed by atoms with E-state index in [-0.39, 0.29) is 11.8 Å². The Hall–Kier alpha value is -0.620. The highest BCUT2D eigenvalue weighted by Crippen LogP contribution is 2.42. The van der Waals surface area contributed by atoms with Crippen LogP contribution in [0.3, 0.4) is 0 Å². The molecule has 0 spiro atoms. The van der Waals surface area contributed by atoms with E-state index in [2.05, 4.69) is 32.5 Å². The van der Waals surface area contributed by atoms with Gasteiger partial charge in [-0.2, -0.15) is 4.37 Å². The van der Waals surface area contributed by atoms with Gasteiger partial charge < -0.3 is 5.32 Å². The van der Waals surface area contributed by atoms with Crippen molar-refractivity contribution in [2.24, 2.45) is 11.8 Å². The van der Waals surface area contributed by atoms with Crippen molar-refractivity contribution in [1.82, 2.24) is 4.37 Å². The molecule has 1 aliphatic carbocycles. The average Bonchev–Trinajstić information content (AvgIpc) is 3.08. The zero-order valence-corrected chi connectivity index (χ0v) is 14.9. The third-order valence-electron chi connectivity index (χ3n) is 3.51. The maximum Gasteiger partial charge on any atom is 0.228 e. The number of nitrogens with one attached hydrogen (secondary N) is 1. The molecule has 0 aliphatic heterocycles. The summed E-state index contributed by atoms with van der Waals surface area (Å²) >= 11 is 16.7. The maximum absolute atomic E-state index is 12.0. The molecule has 1 N–H and O–H groups in total. The minimum Gasteiger partial charge on any atom is -0.315 e. The van der Waals surface area contributed by atoms with Crippen molar-refractivity contribution in [1.29, 1.82) is 0 Å². The fourth-order valence-corrected chi connectivity index (χ4v) is 3.82. The highest BCUT2D eigenvalue weighted by Gasteiger charge is 2.39. The van der Waals surface area contributed by atoms with Crippen LogP contribution < -0.4 is 5.32 Å². The summed E-state index contributed by atoms with van der Waals surface area (Å²) in [4.78, 5) is 12.0. The number of carbonyl (C=O) groups excluding carboxylic acids is 1. The van der Waals surface area contributed by atoms with E-state index in [1.165, 1.54) is 11.5 Å². The second kappa shape index (κ2) is 5.88. The molecular weight excluding hydrogens is 395 g/mol. The van der Waals surface area contributed by atoms with Gasteiger partial charge in [0.25, 0.3) is 0 Å². The van der Waals surface area contributed by atoms with Crippen molar-refractivity contribution in [3.05, 3.63) is 32.7 Å². The van der Waals surface area contributed by atoms with Crippen LogP contribution in [0.2, 0.25) is 10.0 Å². The number of anilines is 1. The predicted octanol–water partition coefficient (Wildman–Crippen LogP) is 5.47. The number of hydrogen-bond acceptors (Lipinski definition) is 3. The highest BCUT2D eigenvalue weighted by molar-refractivity contribution is 9.10. The van der Waals surface area contributed by atoms with Crippen LogP contribution in [0, 0.1) is 11.8 Å². The van der Waals surface area contributed by atoms with Crippen molar-refractivity contribution in [3.8, 4) is 11.3 Å². The monoisotopic (exact) mass is 404 g/mol. The van der Waals surface area contributed by atoms with Gasteiger partial charge in [0.1, 0.15) is 10.7 Å². The van der Waals surface area contributed by atoms with Crippen LogP contribution in [-0.2, 0) is 4.79 Å². The lowest BCUT2D eigenvalue weighted by atomic mass is 10.1. The molecule has 1 amide bonds. The van der Waals surface area contributed by atoms with Crippen molar-refractivity contribution >= 4 is 61.6 Å². The van der Waals surface area contributed by atoms with Crippen LogP contribution in [0.25, 0.3) is 11.3 Å². The third kappa shape index (κ3) is 3.11. The first-order valence-corrected chi connectivity index (χ1v) is 8.71. The van der Waals surface area contributed by atoms with E-state index in [1.807, 2.05) is 6.07 Å². The second-order valence-electron chi connectivity index (χ2n) is 5.11. The first-order valence-electron chi connectivity index (χ1n) is 6.39. The number of nitrogens with zero attached hydrogens (tertiary/aromatic N) is 1. The molecule has 7 heteroatoms. The van der Waals surface area contributed by atoms with Gasteiger partial charge in [-0.1, -0.05) is 36.2 Å². The Morgan fingerprint density at radius 1 is 1.43 bits per heavy atom. The summed E-state index contributed by atoms with van der Waals surface area (Å²) < 4.78 is 5.16. The highest BCUT2D eigenvalue weighted by atomic mass is 79.9. The molecule has 2 aromatic rings. The van der Waals surface area contributed by atoms with Gasteiger partial charge in [0.05, 0.1) is 14.5 Å². The van der Waals surface area contributed by atoms with E-state index in [4.69, 9.17) is 23.2 Å². The third-order valence-corrected chi connectivity index (χ3v) is 6.05. The Labute approximate surface area is 144 Å². The second-order valence-corrected chi connectivity index (χ2v) is 7.49. The molecule has 110 valence electrons. The number of carbonyl (C=O) groups is 1. The van der Waals surface area contributed by atoms with Gasteiger partial charge in [0.15, 0.2) is 0 Å². The quantitative estimate of drug-likeness (QED) is 0.734. The fraction of sp³-hybridized carbons (Fsp3) is 0.286. The molecule has 21 heavy (non-hydrogen) atoms. The molecule has 1 fully saturated rings. The Morgan fingerprint density at radius 3 is 2.76 bits per heavy atom. The molecule has 1 heterocycles. The summed E-state index contributed by atoms with van der Waals surface area (Å²) in [5, 5.41) is 4.63. The molecule has 3 rings (SSSR count). The van der Waals surface area contributed by atoms with Gasteiger partial charge in [-0.3, -0.25) is 4.79 Å². The van der Waals surface area contributed by atoms with Gasteiger partial charge in [0.2, 0.25) is 5.91 Å². The van der Waals surface area contributed by atoms with Gasteiger partial charge in [0, 0.05) is 11.5 Å². The van der Waals surface area contributed by atoms with Crippen LogP contribution in [0.1, 0.15) is 13.3 Å². The number of halogens is 3. The average molecular weight is 406 g/mol. The molecule has 0 bridgehead atoms. The fourth-order valence-electron chi connectivity index (χ4n) is 2.07. The van der Waals surface area contributed by atoms with Crippen LogP contribution in [-0.4, -0.2) is 10.3 Å². The minimum atomic E-state index is 0.0625. The number of aromatic nitrogens is 1. The molecule has 0 saturated heterocycles. The minimum absolute atomic E-state index is 0.0625. The van der Waals surface area contributed by atoms with Gasteiger partial charge in [-0.05, 0) is 51.9 Å². The van der Waals surface area contributed by atoms with E-state index in [0.29, 0.717) is 16.0 Å².